The van der Waals surface area contributed by atoms with Gasteiger partial charge in [-0.1, -0.05) is 31.7 Å². The van der Waals surface area contributed by atoms with Gasteiger partial charge in [0.1, 0.15) is 22.8 Å². The number of nitrogens with one attached hydrogen (secondary N) is 4. The Kier molecular flexibility index (Phi) is 13.6. The maximum atomic E-state index is 11.6. The fraction of sp³-hybridized carbons (Fsp3) is 0.0400. The van der Waals surface area contributed by atoms with Crippen molar-refractivity contribution in [1.82, 2.24) is 41.6 Å². The molecule has 0 saturated heterocycles. The molecule has 0 atom stereocenters. The molecule has 4 N–H and O–H groups in total. The Morgan fingerprint density at radius 3 is 0.789 bits per heavy atom. The van der Waals surface area contributed by atoms with Crippen LogP contribution in [0, 0.1) is 0 Å². The maximum Gasteiger partial charge on any atom is 0.288 e. The summed E-state index contributed by atoms with van der Waals surface area (Å²) in [7, 11) is 0. The first-order chi connectivity index (χ1) is 17.5. The first-order valence-electron chi connectivity index (χ1n) is 10.4. The Hall–Kier alpha value is -5.00. The van der Waals surface area contributed by atoms with E-state index in [0.29, 0.717) is 0 Å². The van der Waals surface area contributed by atoms with Crippen molar-refractivity contribution in [2.45, 2.75) is 7.43 Å². The van der Waals surface area contributed by atoms with Crippen molar-refractivity contribution in [1.29, 1.82) is 0 Å². The zero-order valence-electron chi connectivity index (χ0n) is 19.0. The normalized spacial score (nSPS) is 9.05. The van der Waals surface area contributed by atoms with Crippen LogP contribution in [0.2, 0.25) is 0 Å². The maximum absolute atomic E-state index is 11.6. The molecule has 13 heteroatoms. The van der Waals surface area contributed by atoms with Gasteiger partial charge >= 0.3 is 0 Å². The van der Waals surface area contributed by atoms with Crippen LogP contribution in [0.3, 0.4) is 0 Å². The summed E-state index contributed by atoms with van der Waals surface area (Å²) >= 11 is 0. The van der Waals surface area contributed by atoms with Crippen molar-refractivity contribution in [3.63, 3.8) is 0 Å². The average Bonchev–Trinajstić information content (AvgIpc) is 2.96. The van der Waals surface area contributed by atoms with E-state index in [-0.39, 0.29) is 47.3 Å². The van der Waals surface area contributed by atoms with E-state index in [9.17, 15) is 19.2 Å². The number of pyridine rings is 4. The molecule has 4 amide bonds. The molecule has 199 valence electrons. The number of rotatable bonds is 4. The first kappa shape index (κ1) is 31.0. The zero-order chi connectivity index (χ0) is 25.6. The van der Waals surface area contributed by atoms with Crippen LogP contribution in [-0.2, 0) is 17.1 Å². The number of hydrazine groups is 2. The van der Waals surface area contributed by atoms with E-state index < -0.39 is 23.6 Å². The molecular formula is C25H24CuN8O4. The minimum absolute atomic E-state index is 0. The van der Waals surface area contributed by atoms with Crippen molar-refractivity contribution in [2.75, 3.05) is 0 Å². The Morgan fingerprint density at radius 1 is 0.421 bits per heavy atom. The molecule has 0 aliphatic carbocycles. The molecule has 38 heavy (non-hydrogen) atoms. The molecule has 4 aromatic rings. The summed E-state index contributed by atoms with van der Waals surface area (Å²) < 4.78 is 0. The van der Waals surface area contributed by atoms with E-state index in [1.54, 1.807) is 72.8 Å². The molecule has 0 aromatic carbocycles. The number of hydrogen-bond donors (Lipinski definition) is 4. The second-order valence-electron chi connectivity index (χ2n) is 6.68. The van der Waals surface area contributed by atoms with Crippen LogP contribution in [-0.4, -0.2) is 43.6 Å². The average molecular weight is 564 g/mol. The predicted molar refractivity (Wildman–Crippen MR) is 134 cm³/mol. The molecular weight excluding hydrogens is 540 g/mol. The number of hydrogen-bond acceptors (Lipinski definition) is 8. The number of carbonyl (C=O) groups excluding carboxylic acids is 4. The van der Waals surface area contributed by atoms with E-state index >= 15 is 0 Å². The second-order valence-corrected chi connectivity index (χ2v) is 6.68. The van der Waals surface area contributed by atoms with Gasteiger partial charge in [0.05, 0.1) is 0 Å². The summed E-state index contributed by atoms with van der Waals surface area (Å²) in [6, 6.07) is 19.7. The minimum atomic E-state index is -0.486. The third-order valence-electron chi connectivity index (χ3n) is 4.17. The second kappa shape index (κ2) is 16.6. The predicted octanol–water partition coefficient (Wildman–Crippen LogP) is 1.74. The molecule has 0 spiro atoms. The minimum Gasteiger partial charge on any atom is -0.266 e. The number of aromatic nitrogens is 4. The monoisotopic (exact) mass is 563 g/mol. The van der Waals surface area contributed by atoms with Crippen molar-refractivity contribution in [3.8, 4) is 0 Å². The standard InChI is InChI=1S/2C12H10N4O2.CH4.Cu/c2*17-11(9-5-1-3-7-13-9)15-16-12(18)10-6-2-4-8-14-10;;/h2*1-8H,(H,15,17)(H,16,18);1H4;. The van der Waals surface area contributed by atoms with Gasteiger partial charge in [-0.15, -0.1) is 0 Å². The van der Waals surface area contributed by atoms with Gasteiger partial charge in [-0.25, -0.2) is 0 Å². The van der Waals surface area contributed by atoms with Crippen LogP contribution in [0.25, 0.3) is 0 Å². The quantitative estimate of drug-likeness (QED) is 0.215. The summed E-state index contributed by atoms with van der Waals surface area (Å²) in [5.74, 6) is -1.94. The fourth-order valence-corrected chi connectivity index (χ4v) is 2.47. The molecule has 0 bridgehead atoms. The summed E-state index contributed by atoms with van der Waals surface area (Å²) in [6.45, 7) is 0. The van der Waals surface area contributed by atoms with E-state index in [1.807, 2.05) is 0 Å². The molecule has 0 fully saturated rings. The van der Waals surface area contributed by atoms with Gasteiger partial charge in [0.25, 0.3) is 23.6 Å². The molecule has 0 unspecified atom stereocenters. The topological polar surface area (TPSA) is 168 Å². The molecule has 4 heterocycles. The Balaban J connectivity index is 0.000000361. The van der Waals surface area contributed by atoms with Gasteiger partial charge < -0.3 is 0 Å². The molecule has 0 aliphatic heterocycles. The van der Waals surface area contributed by atoms with Crippen LogP contribution >= 0.6 is 0 Å². The summed E-state index contributed by atoms with van der Waals surface area (Å²) in [5, 5.41) is 0. The summed E-state index contributed by atoms with van der Waals surface area (Å²) in [4.78, 5) is 61.7. The SMILES string of the molecule is C.O=C(NNC(=O)c1ccccn1)c1ccccn1.O=C(NNC(=O)c1ccccn1)c1ccccn1.[Cu]. The van der Waals surface area contributed by atoms with Gasteiger partial charge in [-0.05, 0) is 48.5 Å². The third-order valence-corrected chi connectivity index (χ3v) is 4.17. The Labute approximate surface area is 229 Å². The van der Waals surface area contributed by atoms with Crippen LogP contribution in [0.4, 0.5) is 0 Å². The van der Waals surface area contributed by atoms with Gasteiger partial charge in [-0.3, -0.25) is 60.8 Å². The molecule has 0 saturated carbocycles. The van der Waals surface area contributed by atoms with E-state index in [1.165, 1.54) is 24.8 Å². The Morgan fingerprint density at radius 2 is 0.632 bits per heavy atom. The number of nitrogens with zero attached hydrogens (tertiary/aromatic N) is 4. The van der Waals surface area contributed by atoms with Gasteiger partial charge in [0.2, 0.25) is 0 Å². The largest absolute Gasteiger partial charge is 0.288 e. The third kappa shape index (κ3) is 9.93. The first-order valence-corrected chi connectivity index (χ1v) is 10.4. The summed E-state index contributed by atoms with van der Waals surface area (Å²) in [5.41, 5.74) is 9.91. The van der Waals surface area contributed by atoms with Gasteiger partial charge in [0, 0.05) is 41.9 Å². The molecule has 12 nitrogen and oxygen atoms in total. The number of carbonyl (C=O) groups is 4. The van der Waals surface area contributed by atoms with Crippen molar-refractivity contribution >= 4 is 23.6 Å². The fourth-order valence-electron chi connectivity index (χ4n) is 2.47. The van der Waals surface area contributed by atoms with Crippen LogP contribution in [0.15, 0.2) is 97.6 Å². The van der Waals surface area contributed by atoms with Crippen LogP contribution in [0.5, 0.6) is 0 Å². The number of amides is 4. The van der Waals surface area contributed by atoms with Crippen LogP contribution < -0.4 is 21.7 Å². The van der Waals surface area contributed by atoms with Crippen molar-refractivity contribution < 1.29 is 36.2 Å². The van der Waals surface area contributed by atoms with E-state index in [2.05, 4.69) is 41.6 Å². The Bertz CT molecular complexity index is 1090. The van der Waals surface area contributed by atoms with Crippen LogP contribution in [0.1, 0.15) is 49.4 Å². The molecule has 4 aromatic heterocycles. The smallest absolute Gasteiger partial charge is 0.266 e. The van der Waals surface area contributed by atoms with Gasteiger partial charge in [-0.2, -0.15) is 0 Å². The molecule has 0 aliphatic rings. The van der Waals surface area contributed by atoms with E-state index in [4.69, 9.17) is 0 Å². The zero-order valence-corrected chi connectivity index (χ0v) is 19.9. The molecule has 1 radical (unpaired) electrons. The van der Waals surface area contributed by atoms with Crippen molar-refractivity contribution in [3.05, 3.63) is 120 Å². The summed E-state index contributed by atoms with van der Waals surface area (Å²) in [6.07, 6.45) is 5.98. The van der Waals surface area contributed by atoms with E-state index in [0.717, 1.165) is 0 Å². The molecule has 4 rings (SSSR count). The van der Waals surface area contributed by atoms with Crippen molar-refractivity contribution in [2.24, 2.45) is 0 Å². The van der Waals surface area contributed by atoms with Gasteiger partial charge in [0.15, 0.2) is 0 Å².